The summed E-state index contributed by atoms with van der Waals surface area (Å²) in [5.74, 6) is 0.174. The molecule has 2 aromatic carbocycles. The molecule has 160 valence electrons. The predicted molar refractivity (Wildman–Crippen MR) is 120 cm³/mol. The van der Waals surface area contributed by atoms with Crippen LogP contribution in [0.1, 0.15) is 61.8 Å². The smallest absolute Gasteiger partial charge is 0.323 e. The summed E-state index contributed by atoms with van der Waals surface area (Å²) in [4.78, 5) is 27.4. The van der Waals surface area contributed by atoms with Crippen LogP contribution in [-0.4, -0.2) is 36.5 Å². The van der Waals surface area contributed by atoms with Gasteiger partial charge < -0.3 is 10.1 Å². The van der Waals surface area contributed by atoms with E-state index in [0.717, 1.165) is 27.9 Å². The lowest BCUT2D eigenvalue weighted by Crippen LogP contribution is -2.49. The first-order valence-corrected chi connectivity index (χ1v) is 10.6. The van der Waals surface area contributed by atoms with Gasteiger partial charge in [-0.05, 0) is 40.5 Å². The summed E-state index contributed by atoms with van der Waals surface area (Å²) in [5.41, 5.74) is 5.44. The fourth-order valence-electron chi connectivity index (χ4n) is 4.17. The summed E-state index contributed by atoms with van der Waals surface area (Å²) in [6.07, 6.45) is 0.552. The second kappa shape index (κ2) is 9.43. The van der Waals surface area contributed by atoms with Gasteiger partial charge in [0, 0.05) is 12.2 Å². The van der Waals surface area contributed by atoms with Crippen LogP contribution in [0, 0.1) is 0 Å². The molecule has 0 aromatic heterocycles. The van der Waals surface area contributed by atoms with Gasteiger partial charge in [-0.3, -0.25) is 14.5 Å². The Morgan fingerprint density at radius 1 is 1.00 bits per heavy atom. The number of carbonyl (C=O) groups is 2. The minimum Gasteiger partial charge on any atom is -0.468 e. The molecule has 0 radical (unpaired) electrons. The molecule has 1 N–H and O–H groups in total. The quantitative estimate of drug-likeness (QED) is 0.717. The molecule has 1 aliphatic heterocycles. The van der Waals surface area contributed by atoms with Gasteiger partial charge in [0.15, 0.2) is 0 Å². The van der Waals surface area contributed by atoms with Crippen molar-refractivity contribution < 1.29 is 14.3 Å². The Kier molecular flexibility index (Phi) is 6.93. The zero-order valence-electron chi connectivity index (χ0n) is 18.6. The molecule has 1 heterocycles. The molecule has 0 saturated heterocycles. The highest BCUT2D eigenvalue weighted by atomic mass is 16.5. The maximum atomic E-state index is 13.1. The van der Waals surface area contributed by atoms with Crippen molar-refractivity contribution in [1.82, 2.24) is 4.90 Å². The highest BCUT2D eigenvalue weighted by Crippen LogP contribution is 2.32. The summed E-state index contributed by atoms with van der Waals surface area (Å²) >= 11 is 0. The molecular formula is C25H32N2O3. The van der Waals surface area contributed by atoms with Gasteiger partial charge in [0.25, 0.3) is 0 Å². The molecule has 0 aliphatic carbocycles. The van der Waals surface area contributed by atoms with Crippen LogP contribution in [0.4, 0.5) is 5.69 Å². The molecule has 2 aromatic rings. The van der Waals surface area contributed by atoms with E-state index in [1.807, 2.05) is 23.1 Å². The Bertz CT molecular complexity index is 894. The van der Waals surface area contributed by atoms with Gasteiger partial charge in [0.2, 0.25) is 5.91 Å². The molecule has 1 aliphatic rings. The highest BCUT2D eigenvalue weighted by Gasteiger charge is 2.33. The summed E-state index contributed by atoms with van der Waals surface area (Å²) in [7, 11) is 1.40. The number of nitrogens with one attached hydrogen (secondary N) is 1. The SMILES string of the molecule is COC(=O)[C@H]1Cc2ccccc2CN1CC(=O)Nc1c(C(C)C)cccc1C(C)C. The molecule has 5 nitrogen and oxygen atoms in total. The van der Waals surface area contributed by atoms with Crippen molar-refractivity contribution in [2.24, 2.45) is 0 Å². The first-order chi connectivity index (χ1) is 14.3. The van der Waals surface area contributed by atoms with Crippen molar-refractivity contribution in [3.63, 3.8) is 0 Å². The topological polar surface area (TPSA) is 58.6 Å². The monoisotopic (exact) mass is 408 g/mol. The van der Waals surface area contributed by atoms with Crippen molar-refractivity contribution in [3.8, 4) is 0 Å². The number of hydrogen-bond donors (Lipinski definition) is 1. The van der Waals surface area contributed by atoms with Crippen LogP contribution in [0.15, 0.2) is 42.5 Å². The Morgan fingerprint density at radius 3 is 2.17 bits per heavy atom. The predicted octanol–water partition coefficient (Wildman–Crippen LogP) is 4.47. The Morgan fingerprint density at radius 2 is 1.60 bits per heavy atom. The number of fused-ring (bicyclic) bond motifs is 1. The zero-order valence-corrected chi connectivity index (χ0v) is 18.6. The Balaban J connectivity index is 1.84. The maximum Gasteiger partial charge on any atom is 0.323 e. The minimum absolute atomic E-state index is 0.113. The largest absolute Gasteiger partial charge is 0.468 e. The number of hydrogen-bond acceptors (Lipinski definition) is 4. The fraction of sp³-hybridized carbons (Fsp3) is 0.440. The molecule has 1 amide bonds. The van der Waals surface area contributed by atoms with Crippen molar-refractivity contribution in [3.05, 3.63) is 64.7 Å². The third kappa shape index (κ3) is 4.73. The highest BCUT2D eigenvalue weighted by molar-refractivity contribution is 5.94. The first-order valence-electron chi connectivity index (χ1n) is 10.6. The van der Waals surface area contributed by atoms with Gasteiger partial charge in [-0.2, -0.15) is 0 Å². The number of esters is 1. The average Bonchev–Trinajstić information content (AvgIpc) is 2.72. The van der Waals surface area contributed by atoms with Crippen molar-refractivity contribution >= 4 is 17.6 Å². The van der Waals surface area contributed by atoms with Gasteiger partial charge in [0.05, 0.1) is 13.7 Å². The van der Waals surface area contributed by atoms with E-state index < -0.39 is 6.04 Å². The molecule has 0 fully saturated rings. The van der Waals surface area contributed by atoms with Crippen LogP contribution in [0.2, 0.25) is 0 Å². The van der Waals surface area contributed by atoms with Crippen molar-refractivity contribution in [2.75, 3.05) is 19.0 Å². The lowest BCUT2D eigenvalue weighted by atomic mass is 9.92. The number of amides is 1. The summed E-state index contributed by atoms with van der Waals surface area (Å²) in [5, 5.41) is 3.16. The lowest BCUT2D eigenvalue weighted by molar-refractivity contribution is -0.148. The van der Waals surface area contributed by atoms with E-state index in [9.17, 15) is 9.59 Å². The second-order valence-electron chi connectivity index (χ2n) is 8.59. The Hall–Kier alpha value is -2.66. The molecule has 0 bridgehead atoms. The first kappa shape index (κ1) is 22.0. The molecule has 1 atom stereocenters. The minimum atomic E-state index is -0.458. The van der Waals surface area contributed by atoms with Gasteiger partial charge in [0.1, 0.15) is 6.04 Å². The van der Waals surface area contributed by atoms with Gasteiger partial charge in [-0.1, -0.05) is 70.2 Å². The van der Waals surface area contributed by atoms with Gasteiger partial charge in [-0.15, -0.1) is 0 Å². The molecular weight excluding hydrogens is 376 g/mol. The third-order valence-corrected chi connectivity index (χ3v) is 5.80. The molecule has 30 heavy (non-hydrogen) atoms. The van der Waals surface area contributed by atoms with E-state index in [0.29, 0.717) is 24.8 Å². The van der Waals surface area contributed by atoms with Crippen LogP contribution in [0.25, 0.3) is 0 Å². The van der Waals surface area contributed by atoms with E-state index in [1.165, 1.54) is 7.11 Å². The van der Waals surface area contributed by atoms with Gasteiger partial charge >= 0.3 is 5.97 Å². The number of carbonyl (C=O) groups excluding carboxylic acids is 2. The number of anilines is 1. The number of ether oxygens (including phenoxy) is 1. The van der Waals surface area contributed by atoms with E-state index in [2.05, 4.69) is 57.3 Å². The van der Waals surface area contributed by atoms with Crippen LogP contribution in [-0.2, 0) is 27.3 Å². The Labute approximate surface area is 179 Å². The number of rotatable bonds is 6. The van der Waals surface area contributed by atoms with Crippen molar-refractivity contribution in [1.29, 1.82) is 0 Å². The van der Waals surface area contributed by atoms with Crippen molar-refractivity contribution in [2.45, 2.75) is 58.5 Å². The molecule has 0 unspecified atom stereocenters. The van der Waals surface area contributed by atoms with E-state index in [-0.39, 0.29) is 18.4 Å². The summed E-state index contributed by atoms with van der Waals surface area (Å²) in [6.45, 7) is 9.20. The van der Waals surface area contributed by atoms with Crippen LogP contribution in [0.5, 0.6) is 0 Å². The normalized spacial score (nSPS) is 16.4. The zero-order chi connectivity index (χ0) is 21.8. The van der Waals surface area contributed by atoms with Crippen LogP contribution < -0.4 is 5.32 Å². The van der Waals surface area contributed by atoms with E-state index >= 15 is 0 Å². The van der Waals surface area contributed by atoms with E-state index in [4.69, 9.17) is 4.74 Å². The average molecular weight is 409 g/mol. The standard InChI is InChI=1S/C25H32N2O3/c1-16(2)20-11-8-12-21(17(3)4)24(20)26-23(28)15-27-14-19-10-7-6-9-18(19)13-22(27)25(29)30-5/h6-12,16-17,22H,13-15H2,1-5H3,(H,26,28)/t22-/m1/s1. The number of methoxy groups -OCH3 is 1. The molecule has 3 rings (SSSR count). The van der Waals surface area contributed by atoms with Crippen LogP contribution >= 0.6 is 0 Å². The summed E-state index contributed by atoms with van der Waals surface area (Å²) in [6, 6.07) is 13.8. The fourth-order valence-corrected chi connectivity index (χ4v) is 4.17. The third-order valence-electron chi connectivity index (χ3n) is 5.80. The molecule has 0 spiro atoms. The number of benzene rings is 2. The number of para-hydroxylation sites is 1. The summed E-state index contributed by atoms with van der Waals surface area (Å²) < 4.78 is 5.02. The molecule has 0 saturated carbocycles. The number of nitrogens with zero attached hydrogens (tertiary/aromatic N) is 1. The lowest BCUT2D eigenvalue weighted by Gasteiger charge is -2.34. The van der Waals surface area contributed by atoms with Gasteiger partial charge in [-0.25, -0.2) is 0 Å². The maximum absolute atomic E-state index is 13.1. The van der Waals surface area contributed by atoms with Crippen LogP contribution in [0.3, 0.4) is 0 Å². The molecule has 5 heteroatoms. The second-order valence-corrected chi connectivity index (χ2v) is 8.59. The van der Waals surface area contributed by atoms with E-state index in [1.54, 1.807) is 0 Å².